The smallest absolute Gasteiger partial charge is 0.355 e. The molecule has 2 N–H and O–H groups in total. The van der Waals surface area contributed by atoms with Gasteiger partial charge in [-0.25, -0.2) is 9.18 Å². The van der Waals surface area contributed by atoms with Crippen LogP contribution in [0.4, 0.5) is 4.39 Å². The van der Waals surface area contributed by atoms with Crippen LogP contribution in [0.3, 0.4) is 0 Å². The van der Waals surface area contributed by atoms with E-state index in [1.807, 2.05) is 19.1 Å². The first-order valence-corrected chi connectivity index (χ1v) is 9.25. The SMILES string of the molecule is CCCCCCCCCc1cccc(-c2c[nH]c(C(=O)O)c2F)c1C. The van der Waals surface area contributed by atoms with Crippen molar-refractivity contribution in [3.8, 4) is 11.1 Å². The molecule has 0 bridgehead atoms. The second-order valence-corrected chi connectivity index (χ2v) is 6.66. The van der Waals surface area contributed by atoms with Crippen LogP contribution >= 0.6 is 0 Å². The number of H-pyrrole nitrogens is 1. The van der Waals surface area contributed by atoms with Gasteiger partial charge in [0.25, 0.3) is 0 Å². The number of unbranched alkanes of at least 4 members (excludes halogenated alkanes) is 6. The Hall–Kier alpha value is -2.10. The summed E-state index contributed by atoms with van der Waals surface area (Å²) in [6, 6.07) is 5.85. The molecule has 2 rings (SSSR count). The Balaban J connectivity index is 2.01. The number of carboxylic acid groups (broad SMARTS) is 1. The molecule has 1 heterocycles. The average molecular weight is 345 g/mol. The molecule has 0 radical (unpaired) electrons. The second-order valence-electron chi connectivity index (χ2n) is 6.66. The third-order valence-electron chi connectivity index (χ3n) is 4.82. The summed E-state index contributed by atoms with van der Waals surface area (Å²) >= 11 is 0. The van der Waals surface area contributed by atoms with Crippen molar-refractivity contribution in [1.82, 2.24) is 4.98 Å². The fourth-order valence-corrected chi connectivity index (χ4v) is 3.28. The lowest BCUT2D eigenvalue weighted by Gasteiger charge is -2.11. The van der Waals surface area contributed by atoms with Crippen molar-refractivity contribution in [1.29, 1.82) is 0 Å². The topological polar surface area (TPSA) is 53.1 Å². The van der Waals surface area contributed by atoms with Crippen LogP contribution in [-0.2, 0) is 6.42 Å². The summed E-state index contributed by atoms with van der Waals surface area (Å²) in [6.45, 7) is 4.21. The van der Waals surface area contributed by atoms with Crippen LogP contribution in [0.15, 0.2) is 24.4 Å². The molecule has 0 amide bonds. The van der Waals surface area contributed by atoms with Gasteiger partial charge in [0.05, 0.1) is 0 Å². The van der Waals surface area contributed by atoms with Gasteiger partial charge in [0, 0.05) is 11.8 Å². The molecular formula is C21H28FNO2. The van der Waals surface area contributed by atoms with Crippen LogP contribution in [0.2, 0.25) is 0 Å². The number of aromatic carboxylic acids is 1. The van der Waals surface area contributed by atoms with Crippen molar-refractivity contribution in [2.45, 2.75) is 65.2 Å². The molecule has 136 valence electrons. The van der Waals surface area contributed by atoms with Crippen molar-refractivity contribution < 1.29 is 14.3 Å². The molecule has 0 spiro atoms. The standard InChI is InChI=1S/C21H28FNO2/c1-3-4-5-6-7-8-9-11-16-12-10-13-17(15(16)2)18-14-23-20(19(18)22)21(24)25/h10,12-14,23H,3-9,11H2,1-2H3,(H,24,25). The van der Waals surface area contributed by atoms with Gasteiger partial charge in [-0.1, -0.05) is 63.6 Å². The average Bonchev–Trinajstić information content (AvgIpc) is 2.97. The number of nitrogens with one attached hydrogen (secondary N) is 1. The Kier molecular flexibility index (Phi) is 7.23. The lowest BCUT2D eigenvalue weighted by atomic mass is 9.94. The van der Waals surface area contributed by atoms with E-state index >= 15 is 0 Å². The van der Waals surface area contributed by atoms with E-state index in [0.29, 0.717) is 5.56 Å². The minimum absolute atomic E-state index is 0.330. The van der Waals surface area contributed by atoms with E-state index in [0.717, 1.165) is 24.0 Å². The van der Waals surface area contributed by atoms with Crippen molar-refractivity contribution in [3.63, 3.8) is 0 Å². The van der Waals surface area contributed by atoms with Gasteiger partial charge in [0.2, 0.25) is 0 Å². The van der Waals surface area contributed by atoms with Crippen LogP contribution in [-0.4, -0.2) is 16.1 Å². The first-order chi connectivity index (χ1) is 12.1. The highest BCUT2D eigenvalue weighted by Gasteiger charge is 2.19. The molecule has 0 aliphatic carbocycles. The van der Waals surface area contributed by atoms with Gasteiger partial charge < -0.3 is 10.1 Å². The Labute approximate surface area is 149 Å². The molecule has 0 saturated heterocycles. The van der Waals surface area contributed by atoms with Crippen LogP contribution in [0.1, 0.15) is 73.5 Å². The molecule has 2 aromatic rings. The van der Waals surface area contributed by atoms with Crippen molar-refractivity contribution in [3.05, 3.63) is 47.0 Å². The van der Waals surface area contributed by atoms with Gasteiger partial charge in [0.1, 0.15) is 0 Å². The number of halogens is 1. The van der Waals surface area contributed by atoms with E-state index in [9.17, 15) is 9.18 Å². The van der Waals surface area contributed by atoms with Gasteiger partial charge in [0.15, 0.2) is 11.5 Å². The number of hydrogen-bond donors (Lipinski definition) is 2. The third-order valence-corrected chi connectivity index (χ3v) is 4.82. The zero-order chi connectivity index (χ0) is 18.2. The number of carbonyl (C=O) groups is 1. The minimum Gasteiger partial charge on any atom is -0.476 e. The number of aromatic nitrogens is 1. The molecule has 4 heteroatoms. The van der Waals surface area contributed by atoms with Crippen molar-refractivity contribution in [2.24, 2.45) is 0 Å². The highest BCUT2D eigenvalue weighted by atomic mass is 19.1. The Morgan fingerprint density at radius 1 is 1.08 bits per heavy atom. The minimum atomic E-state index is -1.28. The van der Waals surface area contributed by atoms with Crippen molar-refractivity contribution in [2.75, 3.05) is 0 Å². The summed E-state index contributed by atoms with van der Waals surface area (Å²) in [5.41, 5.74) is 2.96. The molecular weight excluding hydrogens is 317 g/mol. The summed E-state index contributed by atoms with van der Waals surface area (Å²) in [5, 5.41) is 9.00. The summed E-state index contributed by atoms with van der Waals surface area (Å²) in [6.07, 6.45) is 11.3. The normalized spacial score (nSPS) is 11.0. The predicted octanol–water partition coefficient (Wildman–Crippen LogP) is 6.12. The Morgan fingerprint density at radius 3 is 2.40 bits per heavy atom. The summed E-state index contributed by atoms with van der Waals surface area (Å²) in [7, 11) is 0. The number of benzene rings is 1. The highest BCUT2D eigenvalue weighted by Crippen LogP contribution is 2.30. The Morgan fingerprint density at radius 2 is 1.76 bits per heavy atom. The van der Waals surface area contributed by atoms with Crippen LogP contribution < -0.4 is 0 Å². The van der Waals surface area contributed by atoms with E-state index in [1.165, 1.54) is 50.3 Å². The molecule has 1 aromatic heterocycles. The lowest BCUT2D eigenvalue weighted by Crippen LogP contribution is -1.99. The number of rotatable bonds is 10. The molecule has 3 nitrogen and oxygen atoms in total. The van der Waals surface area contributed by atoms with E-state index in [-0.39, 0.29) is 5.69 Å². The molecule has 1 aromatic carbocycles. The number of aromatic amines is 1. The van der Waals surface area contributed by atoms with E-state index in [2.05, 4.69) is 18.0 Å². The first kappa shape index (κ1) is 19.2. The molecule has 25 heavy (non-hydrogen) atoms. The number of hydrogen-bond acceptors (Lipinski definition) is 1. The van der Waals surface area contributed by atoms with Gasteiger partial charge >= 0.3 is 5.97 Å². The number of aryl methyl sites for hydroxylation is 1. The van der Waals surface area contributed by atoms with Gasteiger partial charge in [-0.05, 0) is 36.5 Å². The van der Waals surface area contributed by atoms with Crippen LogP contribution in [0.5, 0.6) is 0 Å². The molecule has 0 aliphatic heterocycles. The first-order valence-electron chi connectivity index (χ1n) is 9.25. The zero-order valence-corrected chi connectivity index (χ0v) is 15.2. The largest absolute Gasteiger partial charge is 0.476 e. The fraction of sp³-hybridized carbons (Fsp3) is 0.476. The van der Waals surface area contributed by atoms with Gasteiger partial charge in [-0.3, -0.25) is 0 Å². The van der Waals surface area contributed by atoms with E-state index in [4.69, 9.17) is 5.11 Å². The number of carboxylic acids is 1. The maximum absolute atomic E-state index is 14.3. The Bertz CT molecular complexity index is 706. The van der Waals surface area contributed by atoms with E-state index < -0.39 is 11.8 Å². The summed E-state index contributed by atoms with van der Waals surface area (Å²) in [4.78, 5) is 13.5. The molecule has 0 aliphatic rings. The fourth-order valence-electron chi connectivity index (χ4n) is 3.28. The third kappa shape index (κ3) is 4.94. The van der Waals surface area contributed by atoms with E-state index in [1.54, 1.807) is 0 Å². The second kappa shape index (κ2) is 9.40. The molecule has 0 unspecified atom stereocenters. The van der Waals surface area contributed by atoms with Gasteiger partial charge in [-0.2, -0.15) is 0 Å². The molecule has 0 fully saturated rings. The summed E-state index contributed by atoms with van der Waals surface area (Å²) < 4.78 is 14.3. The predicted molar refractivity (Wildman–Crippen MR) is 99.6 cm³/mol. The van der Waals surface area contributed by atoms with Crippen LogP contribution in [0.25, 0.3) is 11.1 Å². The monoisotopic (exact) mass is 345 g/mol. The lowest BCUT2D eigenvalue weighted by molar-refractivity contribution is 0.0686. The van der Waals surface area contributed by atoms with Gasteiger partial charge in [-0.15, -0.1) is 0 Å². The maximum Gasteiger partial charge on any atom is 0.355 e. The molecule has 0 atom stereocenters. The maximum atomic E-state index is 14.3. The zero-order valence-electron chi connectivity index (χ0n) is 15.2. The quantitative estimate of drug-likeness (QED) is 0.510. The summed E-state index contributed by atoms with van der Waals surface area (Å²) in [5.74, 6) is -1.97. The van der Waals surface area contributed by atoms with Crippen molar-refractivity contribution >= 4 is 5.97 Å². The van der Waals surface area contributed by atoms with Crippen LogP contribution in [0, 0.1) is 12.7 Å². The highest BCUT2D eigenvalue weighted by molar-refractivity contribution is 5.88. The molecule has 0 saturated carbocycles.